The minimum atomic E-state index is 0.000414. The third-order valence-electron chi connectivity index (χ3n) is 3.98. The summed E-state index contributed by atoms with van der Waals surface area (Å²) in [5, 5.41) is 3.05. The van der Waals surface area contributed by atoms with E-state index in [9.17, 15) is 4.79 Å². The SMILES string of the molecule is CC(CNC(=O)c1cc(Br)cn1C(C)C)N(C)C1CC1. The van der Waals surface area contributed by atoms with Gasteiger partial charge in [-0.05, 0) is 62.7 Å². The summed E-state index contributed by atoms with van der Waals surface area (Å²) < 4.78 is 2.94. The fourth-order valence-electron chi connectivity index (χ4n) is 2.37. The molecule has 112 valence electrons. The highest BCUT2D eigenvalue weighted by Gasteiger charge is 2.29. The van der Waals surface area contributed by atoms with Crippen molar-refractivity contribution in [3.05, 3.63) is 22.4 Å². The molecule has 0 spiro atoms. The molecule has 0 aliphatic heterocycles. The van der Waals surface area contributed by atoms with Crippen LogP contribution in [0.4, 0.5) is 0 Å². The second kappa shape index (κ2) is 6.31. The Balaban J connectivity index is 1.94. The number of likely N-dealkylation sites (N-methyl/N-ethyl adjacent to an activating group) is 1. The van der Waals surface area contributed by atoms with Gasteiger partial charge in [0.2, 0.25) is 0 Å². The Labute approximate surface area is 129 Å². The monoisotopic (exact) mass is 341 g/mol. The Morgan fingerprint density at radius 2 is 2.15 bits per heavy atom. The van der Waals surface area contributed by atoms with Crippen molar-refractivity contribution in [3.8, 4) is 0 Å². The number of carbonyl (C=O) groups excluding carboxylic acids is 1. The first kappa shape index (κ1) is 15.6. The summed E-state index contributed by atoms with van der Waals surface area (Å²) in [7, 11) is 2.14. The molecule has 20 heavy (non-hydrogen) atoms. The molecular weight excluding hydrogens is 318 g/mol. The van der Waals surface area contributed by atoms with Crippen LogP contribution < -0.4 is 5.32 Å². The van der Waals surface area contributed by atoms with Crippen molar-refractivity contribution in [1.82, 2.24) is 14.8 Å². The normalized spacial score (nSPS) is 16.8. The maximum absolute atomic E-state index is 12.3. The number of nitrogens with one attached hydrogen (secondary N) is 1. The van der Waals surface area contributed by atoms with Gasteiger partial charge in [-0.25, -0.2) is 0 Å². The van der Waals surface area contributed by atoms with Gasteiger partial charge in [0.25, 0.3) is 5.91 Å². The van der Waals surface area contributed by atoms with Crippen LogP contribution in [0.3, 0.4) is 0 Å². The van der Waals surface area contributed by atoms with Crippen LogP contribution in [-0.4, -0.2) is 41.1 Å². The summed E-state index contributed by atoms with van der Waals surface area (Å²) in [6.45, 7) is 7.00. The zero-order valence-corrected chi connectivity index (χ0v) is 14.3. The fourth-order valence-corrected chi connectivity index (χ4v) is 2.81. The molecule has 1 heterocycles. The largest absolute Gasteiger partial charge is 0.349 e. The summed E-state index contributed by atoms with van der Waals surface area (Å²) in [5.41, 5.74) is 0.716. The Hall–Kier alpha value is -0.810. The topological polar surface area (TPSA) is 37.3 Å². The molecule has 0 saturated heterocycles. The van der Waals surface area contributed by atoms with Gasteiger partial charge in [-0.3, -0.25) is 9.69 Å². The molecule has 2 rings (SSSR count). The molecule has 0 radical (unpaired) electrons. The Morgan fingerprint density at radius 1 is 1.50 bits per heavy atom. The number of hydrogen-bond acceptors (Lipinski definition) is 2. The minimum absolute atomic E-state index is 0.000414. The van der Waals surface area contributed by atoms with Gasteiger partial charge < -0.3 is 9.88 Å². The predicted octanol–water partition coefficient (Wildman–Crippen LogP) is 3.04. The van der Waals surface area contributed by atoms with E-state index < -0.39 is 0 Å². The van der Waals surface area contributed by atoms with Gasteiger partial charge in [0.1, 0.15) is 5.69 Å². The number of hydrogen-bond donors (Lipinski definition) is 1. The van der Waals surface area contributed by atoms with Crippen molar-refractivity contribution in [3.63, 3.8) is 0 Å². The molecule has 1 unspecified atom stereocenters. The Morgan fingerprint density at radius 3 is 2.70 bits per heavy atom. The minimum Gasteiger partial charge on any atom is -0.349 e. The third kappa shape index (κ3) is 3.64. The van der Waals surface area contributed by atoms with Crippen molar-refractivity contribution in [2.75, 3.05) is 13.6 Å². The zero-order valence-electron chi connectivity index (χ0n) is 12.7. The molecule has 1 fully saturated rings. The predicted molar refractivity (Wildman–Crippen MR) is 85.1 cm³/mol. The van der Waals surface area contributed by atoms with Crippen LogP contribution in [0.5, 0.6) is 0 Å². The van der Waals surface area contributed by atoms with Crippen LogP contribution in [0.2, 0.25) is 0 Å². The first-order valence-corrected chi connectivity index (χ1v) is 8.07. The lowest BCUT2D eigenvalue weighted by Crippen LogP contribution is -2.41. The number of amides is 1. The number of rotatable bonds is 6. The Kier molecular flexibility index (Phi) is 4.91. The smallest absolute Gasteiger partial charge is 0.268 e. The average molecular weight is 342 g/mol. The fraction of sp³-hybridized carbons (Fsp3) is 0.667. The van der Waals surface area contributed by atoms with Crippen molar-refractivity contribution in [2.45, 2.75) is 51.7 Å². The molecule has 0 bridgehead atoms. The quantitative estimate of drug-likeness (QED) is 0.863. The number of aromatic nitrogens is 1. The molecule has 1 aliphatic carbocycles. The highest BCUT2D eigenvalue weighted by Crippen LogP contribution is 2.26. The van der Waals surface area contributed by atoms with Crippen molar-refractivity contribution in [1.29, 1.82) is 0 Å². The molecule has 4 nitrogen and oxygen atoms in total. The van der Waals surface area contributed by atoms with Gasteiger partial charge in [-0.2, -0.15) is 0 Å². The van der Waals surface area contributed by atoms with E-state index in [-0.39, 0.29) is 11.9 Å². The second-order valence-electron chi connectivity index (χ2n) is 6.00. The highest BCUT2D eigenvalue weighted by molar-refractivity contribution is 9.10. The van der Waals surface area contributed by atoms with E-state index in [1.807, 2.05) is 16.8 Å². The second-order valence-corrected chi connectivity index (χ2v) is 6.92. The van der Waals surface area contributed by atoms with Gasteiger partial charge in [-0.1, -0.05) is 0 Å². The van der Waals surface area contributed by atoms with E-state index in [1.54, 1.807) is 0 Å². The van der Waals surface area contributed by atoms with E-state index in [2.05, 4.69) is 54.0 Å². The molecule has 1 amide bonds. The molecule has 5 heteroatoms. The lowest BCUT2D eigenvalue weighted by Gasteiger charge is -2.24. The molecule has 1 atom stereocenters. The number of halogens is 1. The van der Waals surface area contributed by atoms with Crippen LogP contribution in [-0.2, 0) is 0 Å². The van der Waals surface area contributed by atoms with Gasteiger partial charge in [-0.15, -0.1) is 0 Å². The molecule has 1 aromatic heterocycles. The molecule has 0 aromatic carbocycles. The first-order valence-electron chi connectivity index (χ1n) is 7.27. The molecule has 1 saturated carbocycles. The standard InChI is InChI=1S/C15H24BrN3O/c1-10(2)19-9-12(16)7-14(19)15(20)17-8-11(3)18(4)13-5-6-13/h7,9-11,13H,5-6,8H2,1-4H3,(H,17,20). The first-order chi connectivity index (χ1) is 9.40. The molecule has 1 N–H and O–H groups in total. The lowest BCUT2D eigenvalue weighted by molar-refractivity contribution is 0.0928. The maximum atomic E-state index is 12.3. The van der Waals surface area contributed by atoms with E-state index in [1.165, 1.54) is 12.8 Å². The Bertz CT molecular complexity index is 479. The van der Waals surface area contributed by atoms with Crippen molar-refractivity contribution >= 4 is 21.8 Å². The van der Waals surface area contributed by atoms with Crippen LogP contribution >= 0.6 is 15.9 Å². The summed E-state index contributed by atoms with van der Waals surface area (Å²) in [5.74, 6) is 0.000414. The van der Waals surface area contributed by atoms with E-state index in [0.717, 1.165) is 10.5 Å². The van der Waals surface area contributed by atoms with Crippen LogP contribution in [0.1, 0.15) is 50.1 Å². The summed E-state index contributed by atoms with van der Waals surface area (Å²) in [4.78, 5) is 14.7. The zero-order chi connectivity index (χ0) is 14.9. The van der Waals surface area contributed by atoms with Gasteiger partial charge in [0, 0.05) is 35.3 Å². The van der Waals surface area contributed by atoms with Gasteiger partial charge >= 0.3 is 0 Å². The molecular formula is C15H24BrN3O. The molecule has 1 aromatic rings. The van der Waals surface area contributed by atoms with Crippen LogP contribution in [0.15, 0.2) is 16.7 Å². The summed E-state index contributed by atoms with van der Waals surface area (Å²) in [6, 6.07) is 3.24. The number of nitrogens with zero attached hydrogens (tertiary/aromatic N) is 2. The van der Waals surface area contributed by atoms with Crippen molar-refractivity contribution in [2.24, 2.45) is 0 Å². The summed E-state index contributed by atoms with van der Waals surface area (Å²) >= 11 is 3.44. The van der Waals surface area contributed by atoms with Gasteiger partial charge in [0.15, 0.2) is 0 Å². The van der Waals surface area contributed by atoms with Crippen molar-refractivity contribution < 1.29 is 4.79 Å². The third-order valence-corrected chi connectivity index (χ3v) is 4.41. The lowest BCUT2D eigenvalue weighted by atomic mass is 10.2. The van der Waals surface area contributed by atoms with Crippen LogP contribution in [0.25, 0.3) is 0 Å². The van der Waals surface area contributed by atoms with E-state index in [0.29, 0.717) is 18.3 Å². The highest BCUT2D eigenvalue weighted by atomic mass is 79.9. The number of carbonyl (C=O) groups is 1. The van der Waals surface area contributed by atoms with Crippen LogP contribution in [0, 0.1) is 0 Å². The van der Waals surface area contributed by atoms with E-state index in [4.69, 9.17) is 0 Å². The van der Waals surface area contributed by atoms with Gasteiger partial charge in [0.05, 0.1) is 0 Å². The average Bonchev–Trinajstić information content (AvgIpc) is 3.16. The maximum Gasteiger partial charge on any atom is 0.268 e. The van der Waals surface area contributed by atoms with E-state index >= 15 is 0 Å². The molecule has 1 aliphatic rings. The summed E-state index contributed by atoms with van der Waals surface area (Å²) in [6.07, 6.45) is 4.54.